The van der Waals surface area contributed by atoms with Crippen molar-refractivity contribution < 1.29 is 19.1 Å². The molecule has 0 N–H and O–H groups in total. The van der Waals surface area contributed by atoms with E-state index < -0.39 is 11.6 Å². The maximum absolute atomic E-state index is 16.7. The molecular formula is C58H58N10O4. The second-order valence-corrected chi connectivity index (χ2v) is 19.0. The molecule has 1 aliphatic carbocycles. The largest absolute Gasteiger partial charge is 0.497 e. The molecule has 2 heterocycles. The molecule has 0 fully saturated rings. The van der Waals surface area contributed by atoms with Gasteiger partial charge in [-0.2, -0.15) is 0 Å². The van der Waals surface area contributed by atoms with Gasteiger partial charge in [0, 0.05) is 0 Å². The Morgan fingerprint density at radius 1 is 0.347 bits per heavy atom. The molecule has 1 aliphatic rings. The Kier molecular flexibility index (Phi) is 12.8. The molecule has 0 atom stereocenters. The SMILES string of the molecule is COc1ccc(N=NN=c2n(-c3c(C)cc(C)cc3C)c3c(n2-c2c(C)cc(C)cc2C)C(=O)c2c(n(-c4c(C)cc(C)cc4C)c(=NN=Nc4ccc(OC)cc4)n2-c2c(C)cc(C)cc2C)C3=O)cc1. The summed E-state index contributed by atoms with van der Waals surface area (Å²) in [7, 11) is 3.21. The van der Waals surface area contributed by atoms with Crippen LogP contribution in [0.3, 0.4) is 0 Å². The van der Waals surface area contributed by atoms with Crippen LogP contribution in [0, 0.1) is 83.1 Å². The minimum absolute atomic E-state index is 0.109. The molecule has 0 spiro atoms. The molecule has 0 saturated carbocycles. The third-order valence-electron chi connectivity index (χ3n) is 13.2. The van der Waals surface area contributed by atoms with Gasteiger partial charge in [0.05, 0.1) is 48.3 Å². The molecule has 364 valence electrons. The number of carbonyl (C=O) groups excluding carboxylic acids is 2. The highest BCUT2D eigenvalue weighted by Gasteiger charge is 2.45. The Hall–Kier alpha value is -8.52. The monoisotopic (exact) mass is 958 g/mol. The summed E-state index contributed by atoms with van der Waals surface area (Å²) in [5.41, 5.74) is 15.7. The standard InChI is InChI=1S/C58H58N10O4/c1-31-23-35(5)47(36(6)24-31)65-51-52(66(48-37(7)25-32(2)26-38(48)8)57(65)61-63-59-43-15-19-45(71-13)20-16-43)56(70)54-53(55(51)69)67(49-39(9)27-33(3)28-40(49)10)58(62-64-60-44-17-21-46(72-14)22-18-44)68(54)50-41(11)29-34(4)30-42(50)12/h15-30H,1-14H3. The maximum atomic E-state index is 16.7. The maximum Gasteiger partial charge on any atom is 0.242 e. The van der Waals surface area contributed by atoms with E-state index in [0.29, 0.717) is 45.6 Å². The molecule has 0 bridgehead atoms. The van der Waals surface area contributed by atoms with Crippen LogP contribution in [0.1, 0.15) is 99.1 Å². The molecular weight excluding hydrogens is 901 g/mol. The second kappa shape index (κ2) is 19.0. The zero-order valence-electron chi connectivity index (χ0n) is 43.3. The van der Waals surface area contributed by atoms with Crippen LogP contribution in [-0.2, 0) is 0 Å². The summed E-state index contributed by atoms with van der Waals surface area (Å²) in [6.45, 7) is 24.1. The molecule has 0 saturated heterocycles. The number of carbonyl (C=O) groups is 2. The van der Waals surface area contributed by atoms with Crippen LogP contribution in [0.15, 0.2) is 128 Å². The number of rotatable bonds is 10. The highest BCUT2D eigenvalue weighted by molar-refractivity contribution is 6.27. The second-order valence-electron chi connectivity index (χ2n) is 19.0. The molecule has 8 aromatic rings. The Morgan fingerprint density at radius 3 is 0.778 bits per heavy atom. The topological polar surface area (TPSA) is 146 Å². The van der Waals surface area contributed by atoms with Crippen molar-refractivity contribution in [2.24, 2.45) is 30.9 Å². The van der Waals surface area contributed by atoms with Crippen molar-refractivity contribution in [1.29, 1.82) is 0 Å². The summed E-state index contributed by atoms with van der Waals surface area (Å²) in [4.78, 5) is 33.5. The first-order valence-corrected chi connectivity index (χ1v) is 23.8. The minimum Gasteiger partial charge on any atom is -0.497 e. The molecule has 0 amide bonds. The normalized spacial score (nSPS) is 12.2. The zero-order chi connectivity index (χ0) is 51.4. The van der Waals surface area contributed by atoms with Crippen LogP contribution in [0.5, 0.6) is 11.5 Å². The van der Waals surface area contributed by atoms with E-state index in [1.807, 2.05) is 83.1 Å². The van der Waals surface area contributed by atoms with Crippen molar-refractivity contribution in [2.75, 3.05) is 14.2 Å². The average Bonchev–Trinajstić information content (AvgIpc) is 3.80. The van der Waals surface area contributed by atoms with Gasteiger partial charge < -0.3 is 9.47 Å². The van der Waals surface area contributed by atoms with E-state index in [1.54, 1.807) is 81.0 Å². The van der Waals surface area contributed by atoms with Crippen molar-refractivity contribution in [1.82, 2.24) is 18.3 Å². The van der Waals surface area contributed by atoms with E-state index in [0.717, 1.165) is 66.8 Å². The van der Waals surface area contributed by atoms with E-state index in [2.05, 4.69) is 69.2 Å². The summed E-state index contributed by atoms with van der Waals surface area (Å²) >= 11 is 0. The Balaban J connectivity index is 1.50. The first-order chi connectivity index (χ1) is 34.4. The molecule has 2 aromatic heterocycles. The van der Waals surface area contributed by atoms with Gasteiger partial charge in [-0.15, -0.1) is 10.2 Å². The van der Waals surface area contributed by atoms with Crippen molar-refractivity contribution >= 4 is 22.9 Å². The molecule has 14 nitrogen and oxygen atoms in total. The van der Waals surface area contributed by atoms with Crippen LogP contribution in [0.2, 0.25) is 0 Å². The highest BCUT2D eigenvalue weighted by Crippen LogP contribution is 2.38. The average molecular weight is 959 g/mol. The highest BCUT2D eigenvalue weighted by atomic mass is 16.5. The molecule has 0 unspecified atom stereocenters. The molecule has 0 aliphatic heterocycles. The molecule has 9 rings (SSSR count). The van der Waals surface area contributed by atoms with Gasteiger partial charge in [0.1, 0.15) is 34.3 Å². The number of fused-ring (bicyclic) bond motifs is 2. The predicted molar refractivity (Wildman–Crippen MR) is 280 cm³/mol. The number of ketones is 2. The number of ether oxygens (including phenoxy) is 2. The zero-order valence-corrected chi connectivity index (χ0v) is 43.3. The van der Waals surface area contributed by atoms with E-state index in [1.165, 1.54) is 0 Å². The van der Waals surface area contributed by atoms with Crippen LogP contribution >= 0.6 is 0 Å². The van der Waals surface area contributed by atoms with Gasteiger partial charge >= 0.3 is 0 Å². The number of aryl methyl sites for hydroxylation is 12. The molecule has 0 radical (unpaired) electrons. The van der Waals surface area contributed by atoms with Gasteiger partial charge in [-0.3, -0.25) is 27.9 Å². The summed E-state index contributed by atoms with van der Waals surface area (Å²) in [5.74, 6) is 0.463. The summed E-state index contributed by atoms with van der Waals surface area (Å²) in [6, 6.07) is 30.8. The fourth-order valence-electron chi connectivity index (χ4n) is 10.7. The lowest BCUT2D eigenvalue weighted by Gasteiger charge is -2.21. The Morgan fingerprint density at radius 2 is 0.569 bits per heavy atom. The van der Waals surface area contributed by atoms with Crippen LogP contribution in [0.4, 0.5) is 11.4 Å². The Labute approximate surface area is 419 Å². The molecule has 6 aromatic carbocycles. The van der Waals surface area contributed by atoms with Gasteiger partial charge in [-0.25, -0.2) is 0 Å². The number of hydrogen-bond acceptors (Lipinski definition) is 8. The fourth-order valence-corrected chi connectivity index (χ4v) is 10.7. The van der Waals surface area contributed by atoms with Crippen molar-refractivity contribution in [3.63, 3.8) is 0 Å². The van der Waals surface area contributed by atoms with Crippen molar-refractivity contribution in [2.45, 2.75) is 83.1 Å². The number of methoxy groups -OCH3 is 2. The Bertz CT molecular complexity index is 3250. The van der Waals surface area contributed by atoms with Gasteiger partial charge in [0.25, 0.3) is 0 Å². The van der Waals surface area contributed by atoms with E-state index in [4.69, 9.17) is 19.7 Å². The number of hydrogen-bond donors (Lipinski definition) is 0. The van der Waals surface area contributed by atoms with Gasteiger partial charge in [0.2, 0.25) is 22.8 Å². The number of aromatic nitrogens is 4. The lowest BCUT2D eigenvalue weighted by molar-refractivity contribution is 0.0963. The van der Waals surface area contributed by atoms with Crippen LogP contribution in [-0.4, -0.2) is 44.1 Å². The predicted octanol–water partition coefficient (Wildman–Crippen LogP) is 12.5. The minimum atomic E-state index is -0.437. The van der Waals surface area contributed by atoms with Gasteiger partial charge in [-0.05, 0) is 187 Å². The number of benzene rings is 6. The lowest BCUT2D eigenvalue weighted by atomic mass is 9.95. The van der Waals surface area contributed by atoms with E-state index >= 15 is 9.59 Å². The lowest BCUT2D eigenvalue weighted by Crippen LogP contribution is -2.29. The van der Waals surface area contributed by atoms with E-state index in [-0.39, 0.29) is 34.0 Å². The van der Waals surface area contributed by atoms with Crippen LogP contribution < -0.4 is 20.7 Å². The van der Waals surface area contributed by atoms with E-state index in [9.17, 15) is 0 Å². The summed E-state index contributed by atoms with van der Waals surface area (Å²) < 4.78 is 18.0. The van der Waals surface area contributed by atoms with Gasteiger partial charge in [-0.1, -0.05) is 81.0 Å². The number of nitrogens with zero attached hydrogens (tertiary/aromatic N) is 10. The van der Waals surface area contributed by atoms with Crippen molar-refractivity contribution in [3.8, 4) is 34.2 Å². The molecule has 14 heteroatoms. The van der Waals surface area contributed by atoms with Gasteiger partial charge in [0.15, 0.2) is 0 Å². The first kappa shape index (κ1) is 48.5. The van der Waals surface area contributed by atoms with Crippen LogP contribution in [0.25, 0.3) is 22.7 Å². The fraction of sp³-hybridized carbons (Fsp3) is 0.241. The van der Waals surface area contributed by atoms with Crippen molar-refractivity contribution in [3.05, 3.63) is 198 Å². The smallest absolute Gasteiger partial charge is 0.242 e. The summed E-state index contributed by atoms with van der Waals surface area (Å²) in [5, 5.41) is 27.9. The third kappa shape index (κ3) is 8.41. The first-order valence-electron chi connectivity index (χ1n) is 23.8. The number of imidazole rings is 2. The summed E-state index contributed by atoms with van der Waals surface area (Å²) in [6.07, 6.45) is 0. The molecule has 72 heavy (non-hydrogen) atoms. The third-order valence-corrected chi connectivity index (χ3v) is 13.2. The quantitative estimate of drug-likeness (QED) is 0.0991.